The lowest BCUT2D eigenvalue weighted by molar-refractivity contribution is 0.104. The van der Waals surface area contributed by atoms with Crippen LogP contribution in [0, 0.1) is 13.8 Å². The van der Waals surface area contributed by atoms with Gasteiger partial charge < -0.3 is 0 Å². The molecular formula is C29H40OS. The SMILES string of the molecule is CCCCCCCCCCCCSc1ccc(C(=O)C=Cc2c(C)cccc2C)cc1. The topological polar surface area (TPSA) is 17.1 Å². The van der Waals surface area contributed by atoms with Gasteiger partial charge in [0.05, 0.1) is 0 Å². The second-order valence-corrected chi connectivity index (χ2v) is 9.73. The molecule has 0 unspecified atom stereocenters. The number of ketones is 1. The van der Waals surface area contributed by atoms with Crippen LogP contribution in [0.5, 0.6) is 0 Å². The molecule has 0 aliphatic rings. The van der Waals surface area contributed by atoms with Crippen molar-refractivity contribution >= 4 is 23.6 Å². The molecule has 0 radical (unpaired) electrons. The second kappa shape index (κ2) is 15.1. The molecule has 168 valence electrons. The standard InChI is InChI=1S/C29H40OS/c1-4-5-6-7-8-9-10-11-12-13-23-31-27-19-17-26(18-20-27)29(30)22-21-28-24(2)15-14-16-25(28)3/h14-22H,4-13,23H2,1-3H3. The van der Waals surface area contributed by atoms with Gasteiger partial charge in [-0.15, -0.1) is 11.8 Å². The second-order valence-electron chi connectivity index (χ2n) is 8.56. The third-order valence-corrected chi connectivity index (χ3v) is 6.95. The average Bonchev–Trinajstić information content (AvgIpc) is 2.77. The van der Waals surface area contributed by atoms with Gasteiger partial charge in [0.25, 0.3) is 0 Å². The van der Waals surface area contributed by atoms with Crippen LogP contribution in [-0.2, 0) is 0 Å². The number of rotatable bonds is 15. The van der Waals surface area contributed by atoms with Gasteiger partial charge in [0.15, 0.2) is 5.78 Å². The smallest absolute Gasteiger partial charge is 0.185 e. The minimum absolute atomic E-state index is 0.0638. The summed E-state index contributed by atoms with van der Waals surface area (Å²) in [7, 11) is 0. The van der Waals surface area contributed by atoms with Crippen molar-refractivity contribution in [2.75, 3.05) is 5.75 Å². The van der Waals surface area contributed by atoms with Crippen LogP contribution < -0.4 is 0 Å². The largest absolute Gasteiger partial charge is 0.289 e. The van der Waals surface area contributed by atoms with E-state index in [0.29, 0.717) is 0 Å². The summed E-state index contributed by atoms with van der Waals surface area (Å²) in [6.07, 6.45) is 17.4. The van der Waals surface area contributed by atoms with Gasteiger partial charge in [-0.2, -0.15) is 0 Å². The van der Waals surface area contributed by atoms with Gasteiger partial charge >= 0.3 is 0 Å². The Morgan fingerprint density at radius 1 is 0.774 bits per heavy atom. The van der Waals surface area contributed by atoms with E-state index in [1.54, 1.807) is 6.08 Å². The summed E-state index contributed by atoms with van der Waals surface area (Å²) >= 11 is 1.90. The van der Waals surface area contributed by atoms with Crippen LogP contribution in [0.2, 0.25) is 0 Å². The van der Waals surface area contributed by atoms with E-state index >= 15 is 0 Å². The Hall–Kier alpha value is -1.80. The maximum Gasteiger partial charge on any atom is 0.185 e. The maximum atomic E-state index is 12.5. The molecule has 2 heteroatoms. The fraction of sp³-hybridized carbons (Fsp3) is 0.483. The van der Waals surface area contributed by atoms with E-state index in [1.807, 2.05) is 30.0 Å². The molecule has 0 spiro atoms. The van der Waals surface area contributed by atoms with Gasteiger partial charge in [-0.1, -0.05) is 89.0 Å². The van der Waals surface area contributed by atoms with Crippen LogP contribution in [0.1, 0.15) is 98.2 Å². The molecule has 0 aliphatic heterocycles. The molecular weight excluding hydrogens is 396 g/mol. The van der Waals surface area contributed by atoms with E-state index in [9.17, 15) is 4.79 Å². The summed E-state index contributed by atoms with van der Waals surface area (Å²) in [6.45, 7) is 6.44. The Labute approximate surface area is 194 Å². The highest BCUT2D eigenvalue weighted by atomic mass is 32.2. The Morgan fingerprint density at radius 2 is 1.32 bits per heavy atom. The van der Waals surface area contributed by atoms with Crippen LogP contribution in [0.25, 0.3) is 6.08 Å². The highest BCUT2D eigenvalue weighted by Gasteiger charge is 2.04. The summed E-state index contributed by atoms with van der Waals surface area (Å²) in [5.74, 6) is 1.23. The fourth-order valence-electron chi connectivity index (χ4n) is 3.84. The molecule has 2 rings (SSSR count). The summed E-state index contributed by atoms with van der Waals surface area (Å²) in [6, 6.07) is 14.3. The predicted molar refractivity (Wildman–Crippen MR) is 138 cm³/mol. The molecule has 0 heterocycles. The molecule has 0 fully saturated rings. The number of thioether (sulfide) groups is 1. The number of carbonyl (C=O) groups is 1. The van der Waals surface area contributed by atoms with Crippen molar-refractivity contribution in [2.45, 2.75) is 89.9 Å². The summed E-state index contributed by atoms with van der Waals surface area (Å²) in [4.78, 5) is 13.8. The molecule has 0 saturated carbocycles. The molecule has 2 aromatic rings. The number of hydrogen-bond donors (Lipinski definition) is 0. The van der Waals surface area contributed by atoms with Gasteiger partial charge in [-0.3, -0.25) is 4.79 Å². The molecule has 0 amide bonds. The normalized spacial score (nSPS) is 11.3. The van der Waals surface area contributed by atoms with Crippen LogP contribution in [0.15, 0.2) is 53.4 Å². The third kappa shape index (κ3) is 9.91. The van der Waals surface area contributed by atoms with Crippen molar-refractivity contribution in [3.05, 3.63) is 70.8 Å². The lowest BCUT2D eigenvalue weighted by Crippen LogP contribution is -1.94. The van der Waals surface area contributed by atoms with Crippen LogP contribution in [-0.4, -0.2) is 11.5 Å². The van der Waals surface area contributed by atoms with Gasteiger partial charge in [0.1, 0.15) is 0 Å². The van der Waals surface area contributed by atoms with Crippen molar-refractivity contribution in [3.63, 3.8) is 0 Å². The number of carbonyl (C=O) groups excluding carboxylic acids is 1. The van der Waals surface area contributed by atoms with Gasteiger partial charge in [0.2, 0.25) is 0 Å². The van der Waals surface area contributed by atoms with Crippen molar-refractivity contribution < 1.29 is 4.79 Å². The quantitative estimate of drug-likeness (QED) is 0.120. The first-order valence-electron chi connectivity index (χ1n) is 12.1. The number of unbranched alkanes of at least 4 members (excludes halogenated alkanes) is 9. The maximum absolute atomic E-state index is 12.5. The molecule has 2 aromatic carbocycles. The predicted octanol–water partition coefficient (Wildman–Crippen LogP) is 9.21. The average molecular weight is 437 g/mol. The van der Waals surface area contributed by atoms with Gasteiger partial charge in [-0.05, 0) is 73.1 Å². The lowest BCUT2D eigenvalue weighted by Gasteiger charge is -2.05. The van der Waals surface area contributed by atoms with Crippen molar-refractivity contribution in [1.29, 1.82) is 0 Å². The number of benzene rings is 2. The van der Waals surface area contributed by atoms with E-state index in [4.69, 9.17) is 0 Å². The first-order valence-corrected chi connectivity index (χ1v) is 13.1. The van der Waals surface area contributed by atoms with E-state index in [-0.39, 0.29) is 5.78 Å². The Bertz CT molecular complexity index is 784. The Kier molecular flexibility index (Phi) is 12.4. The monoisotopic (exact) mass is 436 g/mol. The van der Waals surface area contributed by atoms with E-state index in [1.165, 1.54) is 80.2 Å². The van der Waals surface area contributed by atoms with Crippen molar-refractivity contribution in [3.8, 4) is 0 Å². The zero-order chi connectivity index (χ0) is 22.3. The minimum Gasteiger partial charge on any atom is -0.289 e. The van der Waals surface area contributed by atoms with E-state index in [2.05, 4.69) is 51.1 Å². The van der Waals surface area contributed by atoms with Crippen LogP contribution in [0.3, 0.4) is 0 Å². The zero-order valence-corrected chi connectivity index (χ0v) is 20.6. The highest BCUT2D eigenvalue weighted by Crippen LogP contribution is 2.21. The first kappa shape index (κ1) is 25.5. The molecule has 0 aromatic heterocycles. The zero-order valence-electron chi connectivity index (χ0n) is 19.8. The third-order valence-electron chi connectivity index (χ3n) is 5.85. The van der Waals surface area contributed by atoms with Crippen LogP contribution in [0.4, 0.5) is 0 Å². The van der Waals surface area contributed by atoms with Gasteiger partial charge in [-0.25, -0.2) is 0 Å². The summed E-state index contributed by atoms with van der Waals surface area (Å²) < 4.78 is 0. The number of allylic oxidation sites excluding steroid dienone is 1. The van der Waals surface area contributed by atoms with Gasteiger partial charge in [0, 0.05) is 10.5 Å². The summed E-state index contributed by atoms with van der Waals surface area (Å²) in [5, 5.41) is 0. The lowest BCUT2D eigenvalue weighted by atomic mass is 10.0. The molecule has 0 bridgehead atoms. The molecule has 0 aliphatic carbocycles. The number of hydrogen-bond acceptors (Lipinski definition) is 2. The number of aryl methyl sites for hydroxylation is 2. The van der Waals surface area contributed by atoms with E-state index < -0.39 is 0 Å². The summed E-state index contributed by atoms with van der Waals surface area (Å²) in [5.41, 5.74) is 4.29. The molecule has 0 saturated heterocycles. The van der Waals surface area contributed by atoms with E-state index in [0.717, 1.165) is 16.9 Å². The molecule has 0 atom stereocenters. The fourth-order valence-corrected chi connectivity index (χ4v) is 4.75. The Morgan fingerprint density at radius 3 is 1.90 bits per heavy atom. The van der Waals surface area contributed by atoms with Crippen molar-refractivity contribution in [1.82, 2.24) is 0 Å². The first-order chi connectivity index (χ1) is 15.1. The molecule has 1 nitrogen and oxygen atoms in total. The highest BCUT2D eigenvalue weighted by molar-refractivity contribution is 7.99. The minimum atomic E-state index is 0.0638. The Balaban J connectivity index is 1.64. The molecule has 31 heavy (non-hydrogen) atoms. The van der Waals surface area contributed by atoms with Crippen LogP contribution >= 0.6 is 11.8 Å². The van der Waals surface area contributed by atoms with Crippen molar-refractivity contribution in [2.24, 2.45) is 0 Å². The molecule has 0 N–H and O–H groups in total.